The predicted molar refractivity (Wildman–Crippen MR) is 71.0 cm³/mol. The number of likely N-dealkylation sites (tertiary alicyclic amines) is 1. The zero-order valence-corrected chi connectivity index (χ0v) is 11.0. The van der Waals surface area contributed by atoms with Gasteiger partial charge >= 0.3 is 0 Å². The van der Waals surface area contributed by atoms with E-state index in [1.54, 1.807) is 13.2 Å². The molecule has 2 rings (SSSR count). The number of hydrogen-bond donors (Lipinski definition) is 1. The largest absolute Gasteiger partial charge is 0.497 e. The first-order valence-corrected chi connectivity index (χ1v) is 6.32. The summed E-state index contributed by atoms with van der Waals surface area (Å²) in [7, 11) is 3.69. The molecule has 1 saturated heterocycles. The molecule has 1 amide bonds. The number of nitrogens with one attached hydrogen (secondary N) is 1. The van der Waals surface area contributed by atoms with E-state index in [1.807, 2.05) is 18.2 Å². The number of benzene rings is 1. The molecule has 1 aliphatic heterocycles. The smallest absolute Gasteiger partial charge is 0.251 e. The Balaban J connectivity index is 1.98. The number of likely N-dealkylation sites (N-methyl/N-ethyl adjacent to an activating group) is 1. The van der Waals surface area contributed by atoms with E-state index in [2.05, 4.69) is 17.3 Å². The molecule has 18 heavy (non-hydrogen) atoms. The van der Waals surface area contributed by atoms with E-state index in [0.29, 0.717) is 11.3 Å². The summed E-state index contributed by atoms with van der Waals surface area (Å²) >= 11 is 0. The highest BCUT2D eigenvalue weighted by Gasteiger charge is 2.19. The number of carbonyl (C=O) groups excluding carboxylic acids is 1. The first-order chi connectivity index (χ1) is 8.69. The van der Waals surface area contributed by atoms with Crippen LogP contribution >= 0.6 is 0 Å². The lowest BCUT2D eigenvalue weighted by molar-refractivity contribution is 0.0912. The number of rotatable bonds is 3. The Kier molecular flexibility index (Phi) is 4.20. The molecule has 0 unspecified atom stereocenters. The molecular weight excluding hydrogens is 228 g/mol. The first kappa shape index (κ1) is 12.9. The molecule has 0 aliphatic carbocycles. The summed E-state index contributed by atoms with van der Waals surface area (Å²) in [5.74, 6) is 0.692. The molecule has 4 heteroatoms. The number of methoxy groups -OCH3 is 1. The second-order valence-corrected chi connectivity index (χ2v) is 4.81. The van der Waals surface area contributed by atoms with Gasteiger partial charge in [0.05, 0.1) is 7.11 Å². The van der Waals surface area contributed by atoms with Crippen molar-refractivity contribution >= 4 is 5.91 Å². The molecule has 4 nitrogen and oxygen atoms in total. The van der Waals surface area contributed by atoms with Gasteiger partial charge in [-0.25, -0.2) is 0 Å². The first-order valence-electron chi connectivity index (χ1n) is 6.32. The molecule has 98 valence electrons. The Hall–Kier alpha value is -1.55. The van der Waals surface area contributed by atoms with Gasteiger partial charge in [0.25, 0.3) is 5.91 Å². The molecule has 0 radical (unpaired) electrons. The van der Waals surface area contributed by atoms with Crippen LogP contribution in [0.4, 0.5) is 0 Å². The van der Waals surface area contributed by atoms with Crippen molar-refractivity contribution in [2.24, 2.45) is 0 Å². The lowest BCUT2D eigenvalue weighted by atomic mass is 10.1. The van der Waals surface area contributed by atoms with Gasteiger partial charge in [0.15, 0.2) is 0 Å². The minimum atomic E-state index is -0.0193. The lowest BCUT2D eigenvalue weighted by Crippen LogP contribution is -2.46. The molecule has 1 aromatic rings. The monoisotopic (exact) mass is 248 g/mol. The summed E-state index contributed by atoms with van der Waals surface area (Å²) in [5.41, 5.74) is 0.655. The van der Waals surface area contributed by atoms with Crippen LogP contribution in [0.5, 0.6) is 5.75 Å². The van der Waals surface area contributed by atoms with E-state index in [-0.39, 0.29) is 11.9 Å². The highest BCUT2D eigenvalue weighted by Crippen LogP contribution is 2.14. The third-order valence-electron chi connectivity index (χ3n) is 3.29. The number of nitrogens with zero attached hydrogens (tertiary/aromatic N) is 1. The fourth-order valence-corrected chi connectivity index (χ4v) is 2.32. The van der Waals surface area contributed by atoms with Crippen molar-refractivity contribution in [2.45, 2.75) is 18.9 Å². The van der Waals surface area contributed by atoms with Gasteiger partial charge in [0, 0.05) is 18.2 Å². The standard InChI is InChI=1S/C14H20N2O2/c1-16-8-4-6-12(10-16)15-14(17)11-5-3-7-13(9-11)18-2/h3,5,7,9,12H,4,6,8,10H2,1-2H3,(H,15,17)/t12-/m1/s1. The summed E-state index contributed by atoms with van der Waals surface area (Å²) < 4.78 is 5.12. The number of carbonyl (C=O) groups is 1. The highest BCUT2D eigenvalue weighted by molar-refractivity contribution is 5.94. The van der Waals surface area contributed by atoms with E-state index in [4.69, 9.17) is 4.74 Å². The maximum atomic E-state index is 12.1. The minimum Gasteiger partial charge on any atom is -0.497 e. The molecule has 1 heterocycles. The minimum absolute atomic E-state index is 0.0193. The van der Waals surface area contributed by atoms with Crippen molar-refractivity contribution in [2.75, 3.05) is 27.2 Å². The van der Waals surface area contributed by atoms with E-state index < -0.39 is 0 Å². The van der Waals surface area contributed by atoms with Gasteiger partial charge < -0.3 is 15.0 Å². The van der Waals surface area contributed by atoms with Gasteiger partial charge in [-0.3, -0.25) is 4.79 Å². The van der Waals surface area contributed by atoms with Crippen molar-refractivity contribution in [3.05, 3.63) is 29.8 Å². The third-order valence-corrected chi connectivity index (χ3v) is 3.29. The third kappa shape index (κ3) is 3.23. The van der Waals surface area contributed by atoms with Gasteiger partial charge in [-0.1, -0.05) is 6.07 Å². The Morgan fingerprint density at radius 1 is 1.50 bits per heavy atom. The maximum Gasteiger partial charge on any atom is 0.251 e. The highest BCUT2D eigenvalue weighted by atomic mass is 16.5. The van der Waals surface area contributed by atoms with E-state index >= 15 is 0 Å². The lowest BCUT2D eigenvalue weighted by Gasteiger charge is -2.30. The van der Waals surface area contributed by atoms with Crippen molar-refractivity contribution < 1.29 is 9.53 Å². The van der Waals surface area contributed by atoms with Crippen molar-refractivity contribution in [1.82, 2.24) is 10.2 Å². The predicted octanol–water partition coefficient (Wildman–Crippen LogP) is 1.52. The molecule has 0 saturated carbocycles. The summed E-state index contributed by atoms with van der Waals surface area (Å²) in [4.78, 5) is 14.4. The summed E-state index contributed by atoms with van der Waals surface area (Å²) in [6.45, 7) is 2.04. The molecule has 1 atom stereocenters. The second-order valence-electron chi connectivity index (χ2n) is 4.81. The zero-order chi connectivity index (χ0) is 13.0. The van der Waals surface area contributed by atoms with Crippen LogP contribution < -0.4 is 10.1 Å². The molecule has 0 spiro atoms. The molecule has 1 aliphatic rings. The Labute approximate surface area is 108 Å². The van der Waals surface area contributed by atoms with E-state index in [1.165, 1.54) is 0 Å². The van der Waals surface area contributed by atoms with Crippen LogP contribution in [-0.2, 0) is 0 Å². The fraction of sp³-hybridized carbons (Fsp3) is 0.500. The Bertz CT molecular complexity index is 420. The number of amides is 1. The quantitative estimate of drug-likeness (QED) is 0.881. The average molecular weight is 248 g/mol. The molecular formula is C14H20N2O2. The van der Waals surface area contributed by atoms with Crippen LogP contribution in [0, 0.1) is 0 Å². The van der Waals surface area contributed by atoms with Gasteiger partial charge in [-0.2, -0.15) is 0 Å². The van der Waals surface area contributed by atoms with Gasteiger partial charge in [-0.15, -0.1) is 0 Å². The van der Waals surface area contributed by atoms with Crippen molar-refractivity contribution in [3.63, 3.8) is 0 Å². The van der Waals surface area contributed by atoms with Crippen LogP contribution in [0.25, 0.3) is 0 Å². The number of hydrogen-bond acceptors (Lipinski definition) is 3. The molecule has 1 fully saturated rings. The molecule has 0 aromatic heterocycles. The van der Waals surface area contributed by atoms with Crippen LogP contribution in [0.2, 0.25) is 0 Å². The average Bonchev–Trinajstić information content (AvgIpc) is 2.39. The number of piperidine rings is 1. The molecule has 1 N–H and O–H groups in total. The topological polar surface area (TPSA) is 41.6 Å². The summed E-state index contributed by atoms with van der Waals surface area (Å²) in [6, 6.07) is 7.50. The fourth-order valence-electron chi connectivity index (χ4n) is 2.32. The zero-order valence-electron chi connectivity index (χ0n) is 11.0. The Morgan fingerprint density at radius 3 is 3.06 bits per heavy atom. The van der Waals surface area contributed by atoms with Gasteiger partial charge in [0.1, 0.15) is 5.75 Å². The van der Waals surface area contributed by atoms with Gasteiger partial charge in [0.2, 0.25) is 0 Å². The normalized spacial score (nSPS) is 20.4. The summed E-state index contributed by atoms with van der Waals surface area (Å²) in [5, 5.41) is 3.08. The van der Waals surface area contributed by atoms with E-state index in [9.17, 15) is 4.79 Å². The van der Waals surface area contributed by atoms with Gasteiger partial charge in [-0.05, 0) is 44.6 Å². The Morgan fingerprint density at radius 2 is 2.33 bits per heavy atom. The van der Waals surface area contributed by atoms with Crippen LogP contribution in [-0.4, -0.2) is 44.1 Å². The van der Waals surface area contributed by atoms with E-state index in [0.717, 1.165) is 25.9 Å². The molecule has 0 bridgehead atoms. The molecule has 1 aromatic carbocycles. The van der Waals surface area contributed by atoms with Crippen LogP contribution in [0.15, 0.2) is 24.3 Å². The SMILES string of the molecule is COc1cccc(C(=O)N[C@@H]2CCCN(C)C2)c1. The van der Waals surface area contributed by atoms with Crippen molar-refractivity contribution in [3.8, 4) is 5.75 Å². The maximum absolute atomic E-state index is 12.1. The van der Waals surface area contributed by atoms with Crippen LogP contribution in [0.3, 0.4) is 0 Å². The second kappa shape index (κ2) is 5.87. The number of ether oxygens (including phenoxy) is 1. The van der Waals surface area contributed by atoms with Crippen LogP contribution in [0.1, 0.15) is 23.2 Å². The van der Waals surface area contributed by atoms with Crippen molar-refractivity contribution in [1.29, 1.82) is 0 Å². The summed E-state index contributed by atoms with van der Waals surface area (Å²) in [6.07, 6.45) is 2.19.